The quantitative estimate of drug-likeness (QED) is 0.744. The molecule has 2 amide bonds. The highest BCUT2D eigenvalue weighted by Crippen LogP contribution is 2.19. The molecule has 0 aromatic carbocycles. The largest absolute Gasteiger partial charge is 0.479 e. The molecule has 0 radical (unpaired) electrons. The number of carboxylic acids is 1. The summed E-state index contributed by atoms with van der Waals surface area (Å²) in [6.45, 7) is 2.06. The van der Waals surface area contributed by atoms with Gasteiger partial charge in [-0.25, -0.2) is 9.59 Å². The van der Waals surface area contributed by atoms with Gasteiger partial charge in [0, 0.05) is 24.6 Å². The number of hydrogen-bond donors (Lipinski definition) is 3. The lowest BCUT2D eigenvalue weighted by atomic mass is 10.1. The van der Waals surface area contributed by atoms with Gasteiger partial charge in [-0.3, -0.25) is 0 Å². The Bertz CT molecular complexity index is 443. The molecule has 1 aromatic rings. The van der Waals surface area contributed by atoms with Crippen LogP contribution in [0.1, 0.15) is 23.8 Å². The zero-order chi connectivity index (χ0) is 14.4. The van der Waals surface area contributed by atoms with Crippen molar-refractivity contribution in [1.29, 1.82) is 0 Å². The summed E-state index contributed by atoms with van der Waals surface area (Å²) in [7, 11) is 0. The topological polar surface area (TPSA) is 87.7 Å². The lowest BCUT2D eigenvalue weighted by Crippen LogP contribution is -2.41. The molecule has 0 saturated carbocycles. The Labute approximate surface area is 121 Å². The number of thiophene rings is 1. The second-order valence-electron chi connectivity index (χ2n) is 4.71. The minimum atomic E-state index is -1.06. The molecule has 1 aromatic heterocycles. The van der Waals surface area contributed by atoms with Crippen LogP contribution in [0.2, 0.25) is 0 Å². The standard InChI is InChI=1S/C13H18N2O4S/c16-12(17)11(10-2-1-7-20-10)15-13(18)14-5-3-9-4-6-19-8-9/h1-2,7,9,11H,3-6,8H2,(H,16,17)(H2,14,15,18). The van der Waals surface area contributed by atoms with Crippen LogP contribution in [0.15, 0.2) is 17.5 Å². The van der Waals surface area contributed by atoms with Crippen molar-refractivity contribution in [2.45, 2.75) is 18.9 Å². The van der Waals surface area contributed by atoms with E-state index in [1.165, 1.54) is 11.3 Å². The predicted molar refractivity (Wildman–Crippen MR) is 74.8 cm³/mol. The van der Waals surface area contributed by atoms with E-state index in [1.807, 2.05) is 0 Å². The molecule has 2 unspecified atom stereocenters. The zero-order valence-corrected chi connectivity index (χ0v) is 11.8. The Balaban J connectivity index is 1.75. The van der Waals surface area contributed by atoms with E-state index >= 15 is 0 Å². The van der Waals surface area contributed by atoms with Gasteiger partial charge in [-0.2, -0.15) is 0 Å². The zero-order valence-electron chi connectivity index (χ0n) is 11.0. The second kappa shape index (κ2) is 7.25. The number of urea groups is 1. The SMILES string of the molecule is O=C(NCCC1CCOC1)NC(C(=O)O)c1cccs1. The predicted octanol–water partition coefficient (Wildman–Crippen LogP) is 1.60. The second-order valence-corrected chi connectivity index (χ2v) is 5.68. The number of aliphatic carboxylic acids is 1. The van der Waals surface area contributed by atoms with E-state index in [2.05, 4.69) is 10.6 Å². The van der Waals surface area contributed by atoms with Crippen molar-refractivity contribution in [3.05, 3.63) is 22.4 Å². The third kappa shape index (κ3) is 4.21. The highest BCUT2D eigenvalue weighted by atomic mass is 32.1. The number of carbonyl (C=O) groups is 2. The maximum Gasteiger partial charge on any atom is 0.331 e. The van der Waals surface area contributed by atoms with Crippen molar-refractivity contribution >= 4 is 23.3 Å². The van der Waals surface area contributed by atoms with Gasteiger partial charge in [0.1, 0.15) is 0 Å². The van der Waals surface area contributed by atoms with Crippen LogP contribution in [0.3, 0.4) is 0 Å². The van der Waals surface area contributed by atoms with Crippen LogP contribution >= 0.6 is 11.3 Å². The molecule has 20 heavy (non-hydrogen) atoms. The number of rotatable bonds is 6. The van der Waals surface area contributed by atoms with E-state index in [0.29, 0.717) is 17.3 Å². The van der Waals surface area contributed by atoms with Gasteiger partial charge < -0.3 is 20.5 Å². The molecule has 0 bridgehead atoms. The Morgan fingerprint density at radius 3 is 3.00 bits per heavy atom. The first-order chi connectivity index (χ1) is 9.66. The minimum absolute atomic E-state index is 0.454. The van der Waals surface area contributed by atoms with Gasteiger partial charge in [-0.05, 0) is 30.2 Å². The molecule has 0 spiro atoms. The molecule has 2 heterocycles. The molecule has 1 saturated heterocycles. The first kappa shape index (κ1) is 14.8. The smallest absolute Gasteiger partial charge is 0.331 e. The Hall–Kier alpha value is -1.60. The van der Waals surface area contributed by atoms with Gasteiger partial charge >= 0.3 is 12.0 Å². The van der Waals surface area contributed by atoms with E-state index in [4.69, 9.17) is 9.84 Å². The average molecular weight is 298 g/mol. The summed E-state index contributed by atoms with van der Waals surface area (Å²) in [5, 5.41) is 16.1. The van der Waals surface area contributed by atoms with Crippen molar-refractivity contribution < 1.29 is 19.4 Å². The summed E-state index contributed by atoms with van der Waals surface area (Å²) in [5.74, 6) is -0.574. The molecule has 1 aliphatic heterocycles. The summed E-state index contributed by atoms with van der Waals surface area (Å²) in [4.78, 5) is 23.5. The molecule has 7 heteroatoms. The van der Waals surface area contributed by atoms with Crippen molar-refractivity contribution in [2.75, 3.05) is 19.8 Å². The molecular formula is C13H18N2O4S. The lowest BCUT2D eigenvalue weighted by molar-refractivity contribution is -0.139. The van der Waals surface area contributed by atoms with Crippen molar-refractivity contribution in [3.8, 4) is 0 Å². The van der Waals surface area contributed by atoms with Crippen molar-refractivity contribution in [1.82, 2.24) is 10.6 Å². The normalized spacial score (nSPS) is 19.5. The Morgan fingerprint density at radius 2 is 2.40 bits per heavy atom. The molecular weight excluding hydrogens is 280 g/mol. The highest BCUT2D eigenvalue weighted by molar-refractivity contribution is 7.10. The third-order valence-electron chi connectivity index (χ3n) is 3.21. The molecule has 2 atom stereocenters. The molecule has 6 nitrogen and oxygen atoms in total. The van der Waals surface area contributed by atoms with Crippen LogP contribution in [-0.2, 0) is 9.53 Å². The fraction of sp³-hybridized carbons (Fsp3) is 0.538. The minimum Gasteiger partial charge on any atom is -0.479 e. The first-order valence-corrected chi connectivity index (χ1v) is 7.43. The van der Waals surface area contributed by atoms with Crippen molar-refractivity contribution in [2.24, 2.45) is 5.92 Å². The number of ether oxygens (including phenoxy) is 1. The number of nitrogens with one attached hydrogen (secondary N) is 2. The number of carbonyl (C=O) groups excluding carboxylic acids is 1. The van der Waals surface area contributed by atoms with Crippen molar-refractivity contribution in [3.63, 3.8) is 0 Å². The monoisotopic (exact) mass is 298 g/mol. The van der Waals surface area contributed by atoms with Gasteiger partial charge in [0.05, 0.1) is 0 Å². The van der Waals surface area contributed by atoms with Crippen LogP contribution in [0.4, 0.5) is 4.79 Å². The summed E-state index contributed by atoms with van der Waals surface area (Å²) in [6.07, 6.45) is 1.88. The molecule has 1 fully saturated rings. The Morgan fingerprint density at radius 1 is 1.55 bits per heavy atom. The molecule has 3 N–H and O–H groups in total. The number of hydrogen-bond acceptors (Lipinski definition) is 4. The van der Waals surface area contributed by atoms with E-state index in [-0.39, 0.29) is 0 Å². The van der Waals surface area contributed by atoms with E-state index in [9.17, 15) is 9.59 Å². The first-order valence-electron chi connectivity index (χ1n) is 6.55. The highest BCUT2D eigenvalue weighted by Gasteiger charge is 2.23. The fourth-order valence-electron chi connectivity index (χ4n) is 2.09. The molecule has 2 rings (SSSR count). The molecule has 1 aliphatic rings. The van der Waals surface area contributed by atoms with Crippen LogP contribution in [-0.4, -0.2) is 36.9 Å². The maximum atomic E-state index is 11.7. The molecule has 110 valence electrons. The summed E-state index contributed by atoms with van der Waals surface area (Å²) in [5.41, 5.74) is 0. The van der Waals surface area contributed by atoms with Gasteiger partial charge in [-0.15, -0.1) is 11.3 Å². The van der Waals surface area contributed by atoms with Crippen LogP contribution in [0.5, 0.6) is 0 Å². The fourth-order valence-corrected chi connectivity index (χ4v) is 2.86. The summed E-state index contributed by atoms with van der Waals surface area (Å²) >= 11 is 1.31. The maximum absolute atomic E-state index is 11.7. The lowest BCUT2D eigenvalue weighted by Gasteiger charge is -2.14. The molecule has 0 aliphatic carbocycles. The average Bonchev–Trinajstić information content (AvgIpc) is 3.08. The van der Waals surface area contributed by atoms with E-state index in [1.54, 1.807) is 17.5 Å². The number of amides is 2. The van der Waals surface area contributed by atoms with Gasteiger partial charge in [-0.1, -0.05) is 6.07 Å². The third-order valence-corrected chi connectivity index (χ3v) is 4.15. The summed E-state index contributed by atoms with van der Waals surface area (Å²) in [6, 6.07) is 2.00. The van der Waals surface area contributed by atoms with E-state index in [0.717, 1.165) is 26.1 Å². The van der Waals surface area contributed by atoms with E-state index < -0.39 is 18.0 Å². The Kier molecular flexibility index (Phi) is 5.37. The van der Waals surface area contributed by atoms with Gasteiger partial charge in [0.15, 0.2) is 6.04 Å². The van der Waals surface area contributed by atoms with Crippen LogP contribution < -0.4 is 10.6 Å². The van der Waals surface area contributed by atoms with Crippen LogP contribution in [0, 0.1) is 5.92 Å². The number of carboxylic acid groups (broad SMARTS) is 1. The van der Waals surface area contributed by atoms with Crippen LogP contribution in [0.25, 0.3) is 0 Å². The van der Waals surface area contributed by atoms with Gasteiger partial charge in [0.2, 0.25) is 0 Å². The summed E-state index contributed by atoms with van der Waals surface area (Å²) < 4.78 is 5.25. The van der Waals surface area contributed by atoms with Gasteiger partial charge in [0.25, 0.3) is 0 Å².